The number of rotatable bonds is 9. The van der Waals surface area contributed by atoms with Crippen LogP contribution < -0.4 is 0 Å². The van der Waals surface area contributed by atoms with Crippen molar-refractivity contribution < 1.29 is 13.6 Å². The molecular weight excluding hydrogens is 537 g/mol. The maximum absolute atomic E-state index is 11.1. The van der Waals surface area contributed by atoms with Gasteiger partial charge in [0.05, 0.1) is 12.2 Å². The predicted octanol–water partition coefficient (Wildman–Crippen LogP) is 10.8. The second-order valence-electron chi connectivity index (χ2n) is 17.1. The molecule has 234 valence electrons. The number of allylic oxidation sites excluding steroid dienone is 3. The van der Waals surface area contributed by atoms with Crippen LogP contribution in [-0.2, 0) is 13.6 Å². The van der Waals surface area contributed by atoms with Crippen molar-refractivity contribution in [1.82, 2.24) is 0 Å². The lowest BCUT2D eigenvalue weighted by Gasteiger charge is -2.46. The highest BCUT2D eigenvalue weighted by Crippen LogP contribution is 2.60. The maximum Gasteiger partial charge on any atom is 0.192 e. The first-order valence-electron chi connectivity index (χ1n) is 16.6. The fourth-order valence-electron chi connectivity index (χ4n) is 7.51. The molecule has 0 saturated heterocycles. The molecule has 0 heterocycles. The monoisotopic (exact) mass is 600 g/mol. The van der Waals surface area contributed by atoms with E-state index in [1.807, 2.05) is 0 Å². The zero-order valence-electron chi connectivity index (χ0n) is 28.9. The lowest BCUT2D eigenvalue weighted by Crippen LogP contribution is -2.49. The van der Waals surface area contributed by atoms with E-state index in [2.05, 4.69) is 100 Å². The van der Waals surface area contributed by atoms with E-state index in [4.69, 9.17) is 8.85 Å². The van der Waals surface area contributed by atoms with Crippen molar-refractivity contribution in [3.05, 3.63) is 35.5 Å². The molecule has 3 fully saturated rings. The molecule has 3 saturated carbocycles. The minimum atomic E-state index is -1.97. The van der Waals surface area contributed by atoms with Gasteiger partial charge in [0.25, 0.3) is 0 Å². The summed E-state index contributed by atoms with van der Waals surface area (Å²) in [6, 6.07) is 0. The van der Waals surface area contributed by atoms with Crippen molar-refractivity contribution in [2.75, 3.05) is 0 Å². The molecular formula is C36H64O3Si2. The first-order chi connectivity index (χ1) is 18.7. The van der Waals surface area contributed by atoms with Gasteiger partial charge in [-0.3, -0.25) is 0 Å². The van der Waals surface area contributed by atoms with Crippen LogP contribution >= 0.6 is 0 Å². The molecule has 3 aliphatic carbocycles. The van der Waals surface area contributed by atoms with Gasteiger partial charge in [0.1, 0.15) is 6.29 Å². The Kier molecular flexibility index (Phi) is 10.8. The minimum absolute atomic E-state index is 0.0233. The average molecular weight is 601 g/mol. The van der Waals surface area contributed by atoms with E-state index in [-0.39, 0.29) is 22.3 Å². The van der Waals surface area contributed by atoms with Crippen LogP contribution in [0.4, 0.5) is 0 Å². The number of aldehydes is 1. The third-order valence-electron chi connectivity index (χ3n) is 12.2. The van der Waals surface area contributed by atoms with Crippen LogP contribution in [0.2, 0.25) is 36.3 Å². The average Bonchev–Trinajstić information content (AvgIpc) is 3.19. The number of carbonyl (C=O) groups is 1. The SMILES string of the molecule is C=C1/C(=C/C=C2\CCC[C@@]3(C)C2CC[C@@H]3[C@H](C)CCC=O)C[C@@H](O[Si](C)(C)C(C)(C)C)C[C@@H]1O[Si](C)(C)C(C)(C)C. The van der Waals surface area contributed by atoms with Gasteiger partial charge in [-0.05, 0) is 116 Å². The molecule has 3 aliphatic rings. The Morgan fingerprint density at radius 2 is 1.61 bits per heavy atom. The summed E-state index contributed by atoms with van der Waals surface area (Å²) in [7, 11) is -3.89. The van der Waals surface area contributed by atoms with Gasteiger partial charge in [-0.1, -0.05) is 79.7 Å². The Morgan fingerprint density at radius 1 is 1.00 bits per heavy atom. The van der Waals surface area contributed by atoms with E-state index in [1.54, 1.807) is 5.57 Å². The molecule has 0 radical (unpaired) electrons. The van der Waals surface area contributed by atoms with Gasteiger partial charge in [-0.25, -0.2) is 0 Å². The van der Waals surface area contributed by atoms with Gasteiger partial charge in [0.2, 0.25) is 0 Å². The zero-order valence-corrected chi connectivity index (χ0v) is 30.9. The first-order valence-corrected chi connectivity index (χ1v) is 22.4. The highest BCUT2D eigenvalue weighted by molar-refractivity contribution is 6.74. The van der Waals surface area contributed by atoms with Crippen molar-refractivity contribution in [3.63, 3.8) is 0 Å². The molecule has 0 bridgehead atoms. The predicted molar refractivity (Wildman–Crippen MR) is 181 cm³/mol. The standard InChI is InChI=1S/C36H64O3Si2/c1-26(16-15-23-37)31-20-21-32-28(17-14-22-36(31,32)9)18-19-29-24-30(38-40(10,11)34(3,4)5)25-33(27(29)2)39-41(12,13)35(6,7)8/h18-19,23,26,30-33H,2,14-17,20-22,24-25H2,1,3-13H3/b28-18+,29-19+/t26-,30-,31-,32?,33+,36-/m1/s1. The smallest absolute Gasteiger partial charge is 0.192 e. The van der Waals surface area contributed by atoms with Gasteiger partial charge in [0.15, 0.2) is 16.6 Å². The van der Waals surface area contributed by atoms with Crippen LogP contribution in [0.25, 0.3) is 0 Å². The zero-order chi connectivity index (χ0) is 31.0. The Morgan fingerprint density at radius 3 is 2.20 bits per heavy atom. The highest BCUT2D eigenvalue weighted by atomic mass is 28.4. The summed E-state index contributed by atoms with van der Waals surface area (Å²) in [5.41, 5.74) is 4.50. The third-order valence-corrected chi connectivity index (χ3v) is 21.2. The molecule has 0 aliphatic heterocycles. The van der Waals surface area contributed by atoms with Crippen molar-refractivity contribution in [2.45, 2.75) is 162 Å². The van der Waals surface area contributed by atoms with Gasteiger partial charge in [-0.2, -0.15) is 0 Å². The molecule has 0 aromatic heterocycles. The van der Waals surface area contributed by atoms with Crippen molar-refractivity contribution >= 4 is 22.9 Å². The number of hydrogen-bond acceptors (Lipinski definition) is 3. The van der Waals surface area contributed by atoms with Gasteiger partial charge >= 0.3 is 0 Å². The van der Waals surface area contributed by atoms with Gasteiger partial charge < -0.3 is 13.6 Å². The fourth-order valence-corrected chi connectivity index (χ4v) is 10.2. The lowest BCUT2D eigenvalue weighted by atomic mass is 9.61. The summed E-state index contributed by atoms with van der Waals surface area (Å²) in [4.78, 5) is 11.1. The first kappa shape index (κ1) is 34.7. The highest BCUT2D eigenvalue weighted by Gasteiger charge is 2.50. The molecule has 6 atom stereocenters. The molecule has 0 amide bonds. The van der Waals surface area contributed by atoms with Crippen LogP contribution in [0.1, 0.15) is 113 Å². The normalized spacial score (nSPS) is 32.8. The third kappa shape index (κ3) is 7.67. The number of carbonyl (C=O) groups excluding carboxylic acids is 1. The maximum atomic E-state index is 11.1. The molecule has 3 nitrogen and oxygen atoms in total. The summed E-state index contributed by atoms with van der Waals surface area (Å²) in [5.74, 6) is 2.00. The summed E-state index contributed by atoms with van der Waals surface area (Å²) in [6.07, 6.45) is 16.2. The quantitative estimate of drug-likeness (QED) is 0.195. The van der Waals surface area contributed by atoms with E-state index in [0.29, 0.717) is 23.7 Å². The van der Waals surface area contributed by atoms with E-state index in [0.717, 1.165) is 31.5 Å². The van der Waals surface area contributed by atoms with Crippen molar-refractivity contribution in [1.29, 1.82) is 0 Å². The van der Waals surface area contributed by atoms with E-state index in [1.165, 1.54) is 43.3 Å². The lowest BCUT2D eigenvalue weighted by molar-refractivity contribution is -0.108. The Bertz CT molecular complexity index is 1010. The van der Waals surface area contributed by atoms with Crippen molar-refractivity contribution in [2.24, 2.45) is 23.2 Å². The largest absolute Gasteiger partial charge is 0.413 e. The van der Waals surface area contributed by atoms with Crippen LogP contribution in [0, 0.1) is 23.2 Å². The molecule has 1 unspecified atom stereocenters. The molecule has 41 heavy (non-hydrogen) atoms. The summed E-state index contributed by atoms with van der Waals surface area (Å²) >= 11 is 0. The molecule has 5 heteroatoms. The minimum Gasteiger partial charge on any atom is -0.413 e. The fraction of sp³-hybridized carbons (Fsp3) is 0.806. The Labute approximate surface area is 256 Å². The number of fused-ring (bicyclic) bond motifs is 1. The molecule has 0 aromatic rings. The van der Waals surface area contributed by atoms with Gasteiger partial charge in [0, 0.05) is 12.8 Å². The van der Waals surface area contributed by atoms with Gasteiger partial charge in [-0.15, -0.1) is 0 Å². The summed E-state index contributed by atoms with van der Waals surface area (Å²) < 4.78 is 14.1. The van der Waals surface area contributed by atoms with E-state index in [9.17, 15) is 4.79 Å². The molecule has 0 N–H and O–H groups in total. The molecule has 0 spiro atoms. The topological polar surface area (TPSA) is 35.5 Å². The summed E-state index contributed by atoms with van der Waals surface area (Å²) in [5, 5.41) is 0.332. The van der Waals surface area contributed by atoms with Crippen LogP contribution in [-0.4, -0.2) is 35.1 Å². The van der Waals surface area contributed by atoms with Crippen LogP contribution in [0.3, 0.4) is 0 Å². The Hall–Kier alpha value is -0.756. The second-order valence-corrected chi connectivity index (χ2v) is 26.6. The van der Waals surface area contributed by atoms with Crippen LogP contribution in [0.15, 0.2) is 35.5 Å². The number of hydrogen-bond donors (Lipinski definition) is 0. The molecule has 3 rings (SSSR count). The second kappa shape index (κ2) is 12.7. The summed E-state index contributed by atoms with van der Waals surface area (Å²) in [6.45, 7) is 33.0. The molecule has 0 aromatic carbocycles. The van der Waals surface area contributed by atoms with E-state index < -0.39 is 16.6 Å². The van der Waals surface area contributed by atoms with E-state index >= 15 is 0 Å². The Balaban J connectivity index is 1.91. The van der Waals surface area contributed by atoms with Crippen molar-refractivity contribution in [3.8, 4) is 0 Å². The van der Waals surface area contributed by atoms with Crippen LogP contribution in [0.5, 0.6) is 0 Å².